The van der Waals surface area contributed by atoms with Crippen LogP contribution in [0.3, 0.4) is 0 Å². The van der Waals surface area contributed by atoms with Crippen molar-refractivity contribution in [3.05, 3.63) is 18.2 Å². The predicted octanol–water partition coefficient (Wildman–Crippen LogP) is 4.08. The SMILES string of the molecule is COc1ccc2sc(OC3CCN(C(=O)OC(C)(C)C)CC3)nc2c1. The van der Waals surface area contributed by atoms with Crippen LogP contribution in [0.25, 0.3) is 10.2 Å². The lowest BCUT2D eigenvalue weighted by Gasteiger charge is -2.33. The van der Waals surface area contributed by atoms with Gasteiger partial charge in [0.2, 0.25) is 0 Å². The summed E-state index contributed by atoms with van der Waals surface area (Å²) >= 11 is 1.53. The molecular weight excluding hydrogens is 340 g/mol. The molecule has 7 heteroatoms. The van der Waals surface area contributed by atoms with Crippen LogP contribution >= 0.6 is 11.3 Å². The van der Waals surface area contributed by atoms with Crippen molar-refractivity contribution in [2.45, 2.75) is 45.3 Å². The Morgan fingerprint density at radius 2 is 2.00 bits per heavy atom. The molecule has 3 rings (SSSR count). The number of rotatable bonds is 3. The number of thiazole rings is 1. The molecule has 0 N–H and O–H groups in total. The Labute approximate surface area is 151 Å². The molecule has 0 bridgehead atoms. The summed E-state index contributed by atoms with van der Waals surface area (Å²) in [5, 5.41) is 0.666. The number of ether oxygens (including phenoxy) is 3. The van der Waals surface area contributed by atoms with Gasteiger partial charge in [0.05, 0.1) is 17.3 Å². The molecule has 136 valence electrons. The van der Waals surface area contributed by atoms with Crippen LogP contribution in [0.2, 0.25) is 0 Å². The van der Waals surface area contributed by atoms with Gasteiger partial charge in [-0.3, -0.25) is 0 Å². The normalized spacial score (nSPS) is 16.1. The van der Waals surface area contributed by atoms with E-state index in [1.807, 2.05) is 39.0 Å². The number of amides is 1. The standard InChI is InChI=1S/C18H24N2O4S/c1-18(2,3)24-17(21)20-9-7-12(8-10-20)23-16-19-14-11-13(22-4)5-6-15(14)25-16/h5-6,11-12H,7-10H2,1-4H3. The van der Waals surface area contributed by atoms with Gasteiger partial charge in [-0.25, -0.2) is 9.78 Å². The number of piperidine rings is 1. The number of carbonyl (C=O) groups is 1. The first kappa shape index (κ1) is 17.8. The van der Waals surface area contributed by atoms with Gasteiger partial charge in [-0.05, 0) is 32.9 Å². The minimum atomic E-state index is -0.466. The van der Waals surface area contributed by atoms with Gasteiger partial charge in [-0.15, -0.1) is 0 Å². The quantitative estimate of drug-likeness (QED) is 0.821. The Morgan fingerprint density at radius 3 is 2.64 bits per heavy atom. The summed E-state index contributed by atoms with van der Waals surface area (Å²) in [6, 6.07) is 5.82. The Hall–Kier alpha value is -2.02. The first-order valence-corrected chi connectivity index (χ1v) is 9.25. The maximum absolute atomic E-state index is 12.1. The van der Waals surface area contributed by atoms with E-state index in [4.69, 9.17) is 14.2 Å². The third-order valence-corrected chi connectivity index (χ3v) is 4.86. The molecule has 2 heterocycles. The van der Waals surface area contributed by atoms with Gasteiger partial charge in [0.15, 0.2) is 0 Å². The van der Waals surface area contributed by atoms with Crippen molar-refractivity contribution in [3.63, 3.8) is 0 Å². The number of aromatic nitrogens is 1. The molecule has 1 aromatic heterocycles. The van der Waals surface area contributed by atoms with E-state index in [2.05, 4.69) is 4.98 Å². The summed E-state index contributed by atoms with van der Waals surface area (Å²) in [6.45, 7) is 6.91. The van der Waals surface area contributed by atoms with Gasteiger partial charge in [-0.2, -0.15) is 0 Å². The number of carbonyl (C=O) groups excluding carboxylic acids is 1. The summed E-state index contributed by atoms with van der Waals surface area (Å²) < 4.78 is 17.7. The zero-order chi connectivity index (χ0) is 18.0. The van der Waals surface area contributed by atoms with Crippen molar-refractivity contribution in [1.82, 2.24) is 9.88 Å². The van der Waals surface area contributed by atoms with Crippen LogP contribution in [0, 0.1) is 0 Å². The van der Waals surface area contributed by atoms with E-state index in [1.165, 1.54) is 11.3 Å². The predicted molar refractivity (Wildman–Crippen MR) is 97.6 cm³/mol. The Morgan fingerprint density at radius 1 is 1.28 bits per heavy atom. The number of fused-ring (bicyclic) bond motifs is 1. The van der Waals surface area contributed by atoms with Crippen molar-refractivity contribution in [2.24, 2.45) is 0 Å². The molecule has 0 atom stereocenters. The molecule has 0 unspecified atom stereocenters. The zero-order valence-corrected chi connectivity index (χ0v) is 15.9. The van der Waals surface area contributed by atoms with Crippen molar-refractivity contribution >= 4 is 27.6 Å². The van der Waals surface area contributed by atoms with Crippen LogP contribution in [0.15, 0.2) is 18.2 Å². The molecule has 1 fully saturated rings. The second-order valence-electron chi connectivity index (χ2n) is 7.10. The van der Waals surface area contributed by atoms with Crippen LogP contribution < -0.4 is 9.47 Å². The second-order valence-corrected chi connectivity index (χ2v) is 8.09. The highest BCUT2D eigenvalue weighted by Crippen LogP contribution is 2.32. The average molecular weight is 364 g/mol. The minimum Gasteiger partial charge on any atom is -0.497 e. The number of methoxy groups -OCH3 is 1. The lowest BCUT2D eigenvalue weighted by molar-refractivity contribution is 0.0126. The maximum Gasteiger partial charge on any atom is 0.410 e. The lowest BCUT2D eigenvalue weighted by atomic mass is 10.1. The summed E-state index contributed by atoms with van der Waals surface area (Å²) in [6.07, 6.45) is 1.37. The Bertz CT molecular complexity index is 745. The van der Waals surface area contributed by atoms with Crippen LogP contribution in [0.1, 0.15) is 33.6 Å². The Balaban J connectivity index is 1.56. The molecular formula is C18H24N2O4S. The van der Waals surface area contributed by atoms with Gasteiger partial charge in [0.25, 0.3) is 5.19 Å². The van der Waals surface area contributed by atoms with Crippen LogP contribution in [0.5, 0.6) is 10.9 Å². The van der Waals surface area contributed by atoms with E-state index in [0.717, 1.165) is 28.8 Å². The smallest absolute Gasteiger partial charge is 0.410 e. The third kappa shape index (κ3) is 4.54. The third-order valence-electron chi connectivity index (χ3n) is 3.94. The zero-order valence-electron chi connectivity index (χ0n) is 15.1. The van der Waals surface area contributed by atoms with Crippen LogP contribution in [-0.2, 0) is 4.74 Å². The van der Waals surface area contributed by atoms with E-state index in [9.17, 15) is 4.79 Å². The van der Waals surface area contributed by atoms with Gasteiger partial charge in [0, 0.05) is 32.0 Å². The number of hydrogen-bond acceptors (Lipinski definition) is 6. The summed E-state index contributed by atoms with van der Waals surface area (Å²) in [5.74, 6) is 0.787. The highest BCUT2D eigenvalue weighted by molar-refractivity contribution is 7.20. The van der Waals surface area contributed by atoms with E-state index in [1.54, 1.807) is 12.0 Å². The summed E-state index contributed by atoms with van der Waals surface area (Å²) in [5.41, 5.74) is 0.414. The molecule has 1 saturated heterocycles. The van der Waals surface area contributed by atoms with E-state index >= 15 is 0 Å². The van der Waals surface area contributed by atoms with E-state index in [-0.39, 0.29) is 12.2 Å². The number of benzene rings is 1. The number of likely N-dealkylation sites (tertiary alicyclic amines) is 1. The Kier molecular flexibility index (Phi) is 5.03. The largest absolute Gasteiger partial charge is 0.497 e. The highest BCUT2D eigenvalue weighted by Gasteiger charge is 2.28. The lowest BCUT2D eigenvalue weighted by Crippen LogP contribution is -2.44. The molecule has 1 amide bonds. The minimum absolute atomic E-state index is 0.0705. The molecule has 25 heavy (non-hydrogen) atoms. The molecule has 0 aliphatic carbocycles. The first-order chi connectivity index (χ1) is 11.8. The molecule has 2 aromatic rings. The molecule has 6 nitrogen and oxygen atoms in total. The fraction of sp³-hybridized carbons (Fsp3) is 0.556. The summed E-state index contributed by atoms with van der Waals surface area (Å²) in [4.78, 5) is 18.4. The van der Waals surface area contributed by atoms with Crippen molar-refractivity contribution in [3.8, 4) is 10.9 Å². The van der Waals surface area contributed by atoms with Gasteiger partial charge >= 0.3 is 6.09 Å². The number of nitrogens with zero attached hydrogens (tertiary/aromatic N) is 2. The summed E-state index contributed by atoms with van der Waals surface area (Å²) in [7, 11) is 1.64. The van der Waals surface area contributed by atoms with E-state index in [0.29, 0.717) is 18.3 Å². The highest BCUT2D eigenvalue weighted by atomic mass is 32.1. The van der Waals surface area contributed by atoms with Crippen molar-refractivity contribution in [1.29, 1.82) is 0 Å². The fourth-order valence-corrected chi connectivity index (χ4v) is 3.55. The number of hydrogen-bond donors (Lipinski definition) is 0. The van der Waals surface area contributed by atoms with Gasteiger partial charge in [0.1, 0.15) is 17.5 Å². The average Bonchev–Trinajstić information content (AvgIpc) is 2.95. The fourth-order valence-electron chi connectivity index (χ4n) is 2.69. The van der Waals surface area contributed by atoms with Gasteiger partial charge < -0.3 is 19.1 Å². The monoisotopic (exact) mass is 364 g/mol. The molecule has 1 aliphatic rings. The van der Waals surface area contributed by atoms with Crippen LogP contribution in [0.4, 0.5) is 4.79 Å². The van der Waals surface area contributed by atoms with Gasteiger partial charge in [-0.1, -0.05) is 11.3 Å². The van der Waals surface area contributed by atoms with Crippen molar-refractivity contribution in [2.75, 3.05) is 20.2 Å². The maximum atomic E-state index is 12.1. The molecule has 1 aromatic carbocycles. The van der Waals surface area contributed by atoms with Crippen molar-refractivity contribution < 1.29 is 19.0 Å². The van der Waals surface area contributed by atoms with Crippen LogP contribution in [-0.4, -0.2) is 47.9 Å². The first-order valence-electron chi connectivity index (χ1n) is 8.43. The second kappa shape index (κ2) is 7.07. The van der Waals surface area contributed by atoms with E-state index < -0.39 is 5.60 Å². The molecule has 1 aliphatic heterocycles. The molecule has 0 spiro atoms. The molecule has 0 radical (unpaired) electrons. The topological polar surface area (TPSA) is 60.9 Å². The molecule has 0 saturated carbocycles.